The van der Waals surface area contributed by atoms with Gasteiger partial charge in [0.2, 0.25) is 0 Å². The lowest BCUT2D eigenvalue weighted by Gasteiger charge is -2.38. The normalized spacial score (nSPS) is 14.6. The average molecular weight is 1610 g/mol. The van der Waals surface area contributed by atoms with Crippen molar-refractivity contribution in [3.63, 3.8) is 0 Å². The van der Waals surface area contributed by atoms with E-state index in [-0.39, 0.29) is 52.3 Å². The van der Waals surface area contributed by atoms with Crippen molar-refractivity contribution in [2.75, 3.05) is 19.8 Å². The molecule has 0 heterocycles. The van der Waals surface area contributed by atoms with Gasteiger partial charge in [0.1, 0.15) is 51.7 Å². The van der Waals surface area contributed by atoms with E-state index in [9.17, 15) is 60.3 Å². The monoisotopic (exact) mass is 1610 g/mol. The number of carboxylic acid groups (broad SMARTS) is 3. The Kier molecular flexibility index (Phi) is 25.2. The highest BCUT2D eigenvalue weighted by molar-refractivity contribution is 5.73. The Morgan fingerprint density at radius 2 is 0.504 bits per heavy atom. The first kappa shape index (κ1) is 85.7. The lowest BCUT2D eigenvalue weighted by atomic mass is 9.65. The van der Waals surface area contributed by atoms with Crippen LogP contribution in [-0.2, 0) is 25.2 Å². The minimum Gasteiger partial charge on any atom is -0.508 e. The second-order valence-electron chi connectivity index (χ2n) is 35.6. The van der Waals surface area contributed by atoms with Crippen molar-refractivity contribution in [3.05, 3.63) is 295 Å². The van der Waals surface area contributed by atoms with Crippen LogP contribution >= 0.6 is 0 Å². The summed E-state index contributed by atoms with van der Waals surface area (Å²) < 4.78 is 20.7. The van der Waals surface area contributed by atoms with E-state index < -0.39 is 66.3 Å². The van der Waals surface area contributed by atoms with Crippen LogP contribution in [-0.4, -0.2) is 83.7 Å². The number of carboxylic acids is 3. The van der Waals surface area contributed by atoms with Crippen molar-refractivity contribution >= 4 is 17.9 Å². The third kappa shape index (κ3) is 17.4. The Labute approximate surface area is 701 Å². The fourth-order valence-corrected chi connectivity index (χ4v) is 19.9. The Balaban J connectivity index is 1.17. The van der Waals surface area contributed by atoms with Crippen molar-refractivity contribution in [2.24, 2.45) is 0 Å². The molecule has 3 fully saturated rings. The Morgan fingerprint density at radius 3 is 0.739 bits per heavy atom. The number of phenolic OH excluding ortho intramolecular Hbond substituents is 6. The maximum atomic E-state index is 13.3. The second-order valence-corrected chi connectivity index (χ2v) is 35.6. The molecule has 10 aromatic rings. The first-order valence-electron chi connectivity index (χ1n) is 42.5. The zero-order chi connectivity index (χ0) is 85.5. The van der Waals surface area contributed by atoms with Gasteiger partial charge in [0.15, 0.2) is 19.8 Å². The lowest BCUT2D eigenvalue weighted by molar-refractivity contribution is -0.140. The van der Waals surface area contributed by atoms with Gasteiger partial charge in [-0.1, -0.05) is 157 Å². The predicted octanol–water partition coefficient (Wildman–Crippen LogP) is 23.4. The number of hydrogen-bond acceptors (Lipinski definition) is 12. The number of aliphatic carboxylic acids is 3. The van der Waals surface area contributed by atoms with Crippen molar-refractivity contribution < 1.29 is 74.6 Å². The summed E-state index contributed by atoms with van der Waals surface area (Å²) in [4.78, 5) is 39.6. The van der Waals surface area contributed by atoms with Crippen molar-refractivity contribution in [2.45, 2.75) is 247 Å². The van der Waals surface area contributed by atoms with Crippen molar-refractivity contribution in [3.8, 4) is 51.7 Å². The fraction of sp³-hybridized carbons (Fsp3) is 0.394. The van der Waals surface area contributed by atoms with Crippen LogP contribution in [0.5, 0.6) is 51.7 Å². The number of rotatable bonds is 26. The van der Waals surface area contributed by atoms with E-state index in [1.54, 1.807) is 36.4 Å². The molecule has 0 saturated heterocycles. The zero-order valence-corrected chi connectivity index (χ0v) is 71.9. The number of carbonyl (C=O) groups is 3. The Hall–Kier alpha value is -11.2. The Morgan fingerprint density at radius 1 is 0.286 bits per heavy atom. The maximum absolute atomic E-state index is 13.3. The van der Waals surface area contributed by atoms with E-state index >= 15 is 0 Å². The van der Waals surface area contributed by atoms with Crippen LogP contribution in [0.2, 0.25) is 0 Å². The Bertz CT molecular complexity index is 5170. The molecule has 15 nitrogen and oxygen atoms in total. The molecular weight excluding hydrogens is 1490 g/mol. The number of aromatic hydroxyl groups is 6. The molecule has 10 aromatic carbocycles. The fourth-order valence-electron chi connectivity index (χ4n) is 19.9. The number of aryl methyl sites for hydroxylation is 12. The SMILES string of the molecule is Cc1cc(C(c2cc(C)c(O)cc2C)c2cc(C(C)(C)c3ccc(C(C)(c4cc(C5CCCCC5)c(OCC(=O)O)c(C(c5cc(C)c(O)cc5C)c5cc(C)c(O)cc5C)c4)c4cc(C5CCCCC5)c(OCC(=O)O)c(C(c5cc(C)c(O)cc5C)c5cc(C)c(O)cc5C)c4)cc3)cc(C3CCCCC3)c2OCC(=O)O)c(C)cc1O. The van der Waals surface area contributed by atoms with Gasteiger partial charge < -0.3 is 60.2 Å². The number of benzene rings is 10. The van der Waals surface area contributed by atoms with Gasteiger partial charge in [-0.05, 0) is 339 Å². The van der Waals surface area contributed by atoms with Crippen LogP contribution in [0, 0.1) is 83.1 Å². The third-order valence-electron chi connectivity index (χ3n) is 27.0. The molecule has 13 rings (SSSR count). The molecule has 0 amide bonds. The smallest absolute Gasteiger partial charge is 0.341 e. The topological polar surface area (TPSA) is 261 Å². The molecular formula is C104H118O15. The number of hydrogen-bond donors (Lipinski definition) is 9. The molecule has 624 valence electrons. The summed E-state index contributed by atoms with van der Waals surface area (Å²) in [6.45, 7) is 27.9. The van der Waals surface area contributed by atoms with Crippen LogP contribution < -0.4 is 14.2 Å². The molecule has 3 saturated carbocycles. The summed E-state index contributed by atoms with van der Waals surface area (Å²) in [5, 5.41) is 101. The minimum absolute atomic E-state index is 0.0109. The van der Waals surface area contributed by atoms with Crippen LogP contribution in [0.1, 0.15) is 314 Å². The van der Waals surface area contributed by atoms with E-state index in [1.807, 2.05) is 119 Å². The summed E-state index contributed by atoms with van der Waals surface area (Å²) >= 11 is 0. The molecule has 3 aliphatic rings. The summed E-state index contributed by atoms with van der Waals surface area (Å²) in [6.07, 6.45) is 13.6. The molecule has 0 aromatic heterocycles. The first-order chi connectivity index (χ1) is 56.5. The first-order valence-corrected chi connectivity index (χ1v) is 42.5. The van der Waals surface area contributed by atoms with E-state index in [0.29, 0.717) is 61.8 Å². The molecule has 3 aliphatic carbocycles. The van der Waals surface area contributed by atoms with E-state index in [4.69, 9.17) is 14.2 Å². The molecule has 119 heavy (non-hydrogen) atoms. The molecule has 15 heteroatoms. The van der Waals surface area contributed by atoms with E-state index in [2.05, 4.69) is 81.4 Å². The maximum Gasteiger partial charge on any atom is 0.341 e. The van der Waals surface area contributed by atoms with Gasteiger partial charge >= 0.3 is 17.9 Å². The molecule has 0 radical (unpaired) electrons. The second kappa shape index (κ2) is 35.0. The van der Waals surface area contributed by atoms with Gasteiger partial charge in [-0.2, -0.15) is 0 Å². The summed E-state index contributed by atoms with van der Waals surface area (Å²) in [6, 6.07) is 44.9. The number of ether oxygens (including phenoxy) is 3. The summed E-state index contributed by atoms with van der Waals surface area (Å²) in [7, 11) is 0. The highest BCUT2D eigenvalue weighted by atomic mass is 16.5. The van der Waals surface area contributed by atoms with E-state index in [0.717, 1.165) is 213 Å². The molecule has 0 bridgehead atoms. The van der Waals surface area contributed by atoms with Crippen LogP contribution in [0.4, 0.5) is 0 Å². The van der Waals surface area contributed by atoms with Gasteiger partial charge in [0, 0.05) is 45.3 Å². The van der Waals surface area contributed by atoms with Crippen LogP contribution in [0.15, 0.2) is 133 Å². The molecule has 0 spiro atoms. The molecule has 0 aliphatic heterocycles. The largest absolute Gasteiger partial charge is 0.508 e. The average Bonchev–Trinajstić information content (AvgIpc) is 0.729. The van der Waals surface area contributed by atoms with Gasteiger partial charge in [-0.25, -0.2) is 14.4 Å². The predicted molar refractivity (Wildman–Crippen MR) is 469 cm³/mol. The molecule has 0 atom stereocenters. The minimum atomic E-state index is -1.25. The quantitative estimate of drug-likeness (QED) is 0.0228. The van der Waals surface area contributed by atoms with Crippen LogP contribution in [0.3, 0.4) is 0 Å². The van der Waals surface area contributed by atoms with Crippen molar-refractivity contribution in [1.29, 1.82) is 0 Å². The van der Waals surface area contributed by atoms with Gasteiger partial charge in [-0.15, -0.1) is 0 Å². The summed E-state index contributed by atoms with van der Waals surface area (Å²) in [5.74, 6) is -3.46. The van der Waals surface area contributed by atoms with E-state index in [1.165, 1.54) is 0 Å². The van der Waals surface area contributed by atoms with Gasteiger partial charge in [-0.3, -0.25) is 0 Å². The summed E-state index contributed by atoms with van der Waals surface area (Å²) in [5.41, 5.74) is 20.8. The van der Waals surface area contributed by atoms with Crippen molar-refractivity contribution in [1.82, 2.24) is 0 Å². The third-order valence-corrected chi connectivity index (χ3v) is 27.0. The van der Waals surface area contributed by atoms with Crippen LogP contribution in [0.25, 0.3) is 0 Å². The molecule has 0 unspecified atom stereocenters. The standard InChI is InChI=1S/C104H118O15/c1-56-41-88(105)62(7)35-76(56)97(77-36-63(8)89(106)42-57(77)2)85-48-73(47-82(68-25-19-16-20-26-68)100(85)117-53-94(111)112)103(13,14)71-31-33-72(34-32-71)104(15,74-49-83(69-27-21-17-22-28-69)101(118-54-95(113)114)86(51-74)98(78-37-64(9)90(107)43-58(78)3)79-38-65(10)91(108)44-59(79)4)75-50-84(70-29-23-18-24-30-70)102(119-55-96(115)116)87(52-75)99(80-39-66(11)92(109)45-60(80)5)81-40-67(12)93(110)46-61(81)6/h31-52,68-70,97-99,105-110H,16-30,53-55H2,1-15H3,(H,111,112)(H,113,114)(H,115,116). The van der Waals surface area contributed by atoms with Gasteiger partial charge in [0.25, 0.3) is 0 Å². The molecule has 9 N–H and O–H groups in total. The highest BCUT2D eigenvalue weighted by Crippen LogP contribution is 2.57. The highest BCUT2D eigenvalue weighted by Gasteiger charge is 2.42. The zero-order valence-electron chi connectivity index (χ0n) is 71.9. The number of phenols is 6. The van der Waals surface area contributed by atoms with Gasteiger partial charge in [0.05, 0.1) is 0 Å². The lowest BCUT2D eigenvalue weighted by Crippen LogP contribution is -2.29.